The molecule has 1 fully saturated rings. The third-order valence-electron chi connectivity index (χ3n) is 2.95. The van der Waals surface area contributed by atoms with E-state index >= 15 is 0 Å². The van der Waals surface area contributed by atoms with Crippen molar-refractivity contribution < 1.29 is 14.7 Å². The van der Waals surface area contributed by atoms with Crippen molar-refractivity contribution in [1.29, 1.82) is 0 Å². The summed E-state index contributed by atoms with van der Waals surface area (Å²) in [6.07, 6.45) is 2.30. The van der Waals surface area contributed by atoms with Gasteiger partial charge in [0.05, 0.1) is 10.9 Å². The molecule has 0 radical (unpaired) electrons. The molecule has 1 aromatic heterocycles. The molecule has 2 rings (SSSR count). The average Bonchev–Trinajstić information content (AvgIpc) is 2.82. The fourth-order valence-corrected chi connectivity index (χ4v) is 3.79. The molecule has 19 heavy (non-hydrogen) atoms. The monoisotopic (exact) mass is 344 g/mol. The van der Waals surface area contributed by atoms with Crippen molar-refractivity contribution in [3.63, 3.8) is 0 Å². The van der Waals surface area contributed by atoms with E-state index in [1.54, 1.807) is 18.3 Å². The van der Waals surface area contributed by atoms with Crippen LogP contribution in [0.2, 0.25) is 0 Å². The summed E-state index contributed by atoms with van der Waals surface area (Å²) < 4.78 is 0.441. The minimum absolute atomic E-state index is 0.0966. The van der Waals surface area contributed by atoms with Gasteiger partial charge in [-0.1, -0.05) is 6.92 Å². The Morgan fingerprint density at radius 1 is 1.63 bits per heavy atom. The normalized spacial score (nSPS) is 22.5. The molecule has 0 spiro atoms. The minimum atomic E-state index is -0.961. The maximum Gasteiger partial charge on any atom is 0.327 e. The highest BCUT2D eigenvalue weighted by atomic mass is 79.9. The highest BCUT2D eigenvalue weighted by Crippen LogP contribution is 2.33. The zero-order valence-electron chi connectivity index (χ0n) is 10.2. The van der Waals surface area contributed by atoms with Crippen LogP contribution in [0.15, 0.2) is 22.9 Å². The van der Waals surface area contributed by atoms with Crippen LogP contribution in [0.5, 0.6) is 0 Å². The molecule has 102 valence electrons. The topological polar surface area (TPSA) is 70.5 Å². The molecular formula is C12H13BrN2O3S. The van der Waals surface area contributed by atoms with E-state index in [2.05, 4.69) is 20.9 Å². The van der Waals surface area contributed by atoms with Gasteiger partial charge in [0.15, 0.2) is 0 Å². The molecule has 0 aromatic carbocycles. The van der Waals surface area contributed by atoms with E-state index in [9.17, 15) is 14.7 Å². The molecule has 5 nitrogen and oxygen atoms in total. The lowest BCUT2D eigenvalue weighted by molar-refractivity contribution is -0.141. The van der Waals surface area contributed by atoms with E-state index in [1.165, 1.54) is 16.7 Å². The van der Waals surface area contributed by atoms with Gasteiger partial charge in [-0.05, 0) is 34.5 Å². The van der Waals surface area contributed by atoms with Crippen molar-refractivity contribution in [2.45, 2.75) is 24.8 Å². The largest absolute Gasteiger partial charge is 0.480 e. The van der Waals surface area contributed by atoms with Crippen LogP contribution < -0.4 is 0 Å². The van der Waals surface area contributed by atoms with Crippen LogP contribution in [0, 0.1) is 0 Å². The van der Waals surface area contributed by atoms with Gasteiger partial charge in [0.1, 0.15) is 10.6 Å². The number of halogens is 1. The Kier molecular flexibility index (Phi) is 4.46. The van der Waals surface area contributed by atoms with Gasteiger partial charge < -0.3 is 10.0 Å². The molecular weight excluding hydrogens is 332 g/mol. The SMILES string of the molecule is CCC1SCC(C(=O)O)N1C(=O)c1cccnc1Br. The number of pyridine rings is 1. The van der Waals surface area contributed by atoms with Gasteiger partial charge in [-0.25, -0.2) is 9.78 Å². The number of carbonyl (C=O) groups excluding carboxylic acids is 1. The van der Waals surface area contributed by atoms with E-state index in [-0.39, 0.29) is 11.3 Å². The predicted octanol–water partition coefficient (Wildman–Crippen LogP) is 2.22. The summed E-state index contributed by atoms with van der Waals surface area (Å²) in [5.74, 6) is -0.821. The Labute approximate surface area is 123 Å². The second-order valence-corrected chi connectivity index (χ2v) is 6.07. The van der Waals surface area contributed by atoms with Crippen molar-refractivity contribution >= 4 is 39.6 Å². The molecule has 0 aliphatic carbocycles. The Hall–Kier alpha value is -1.08. The molecule has 0 bridgehead atoms. The molecule has 1 aliphatic heterocycles. The first-order chi connectivity index (χ1) is 9.06. The number of aromatic nitrogens is 1. The summed E-state index contributed by atoms with van der Waals surface area (Å²) >= 11 is 4.73. The van der Waals surface area contributed by atoms with E-state index in [0.29, 0.717) is 15.9 Å². The molecule has 0 saturated carbocycles. The number of carboxylic acid groups (broad SMARTS) is 1. The summed E-state index contributed by atoms with van der Waals surface area (Å²) in [5, 5.41) is 9.13. The van der Waals surface area contributed by atoms with Gasteiger partial charge in [0.2, 0.25) is 0 Å². The van der Waals surface area contributed by atoms with Crippen molar-refractivity contribution in [2.24, 2.45) is 0 Å². The first-order valence-electron chi connectivity index (χ1n) is 5.83. The molecule has 1 aromatic rings. The van der Waals surface area contributed by atoms with Crippen LogP contribution in [0.3, 0.4) is 0 Å². The van der Waals surface area contributed by atoms with Crippen LogP contribution in [-0.4, -0.2) is 44.0 Å². The summed E-state index contributed by atoms with van der Waals surface area (Å²) in [5.41, 5.74) is 0.398. The van der Waals surface area contributed by atoms with Gasteiger partial charge in [0.25, 0.3) is 5.91 Å². The standard InChI is InChI=1S/C12H13BrN2O3S/c1-2-9-15(8(6-19-9)12(17)18)11(16)7-4-3-5-14-10(7)13/h3-5,8-9H,2,6H2,1H3,(H,17,18). The summed E-state index contributed by atoms with van der Waals surface area (Å²) in [6.45, 7) is 1.94. The second kappa shape index (κ2) is 5.92. The lowest BCUT2D eigenvalue weighted by Gasteiger charge is -2.26. The molecule has 1 aliphatic rings. The first kappa shape index (κ1) is 14.3. The minimum Gasteiger partial charge on any atom is -0.480 e. The van der Waals surface area contributed by atoms with E-state index in [4.69, 9.17) is 0 Å². The summed E-state index contributed by atoms with van der Waals surface area (Å²) in [7, 11) is 0. The number of hydrogen-bond acceptors (Lipinski definition) is 4. The highest BCUT2D eigenvalue weighted by Gasteiger charge is 2.41. The third kappa shape index (κ3) is 2.76. The smallest absolute Gasteiger partial charge is 0.327 e. The molecule has 1 N–H and O–H groups in total. The van der Waals surface area contributed by atoms with Gasteiger partial charge in [-0.15, -0.1) is 11.8 Å². The van der Waals surface area contributed by atoms with Crippen molar-refractivity contribution in [3.8, 4) is 0 Å². The lowest BCUT2D eigenvalue weighted by Crippen LogP contribution is -2.45. The molecule has 2 unspecified atom stereocenters. The molecule has 1 saturated heterocycles. The number of hydrogen-bond donors (Lipinski definition) is 1. The zero-order valence-corrected chi connectivity index (χ0v) is 12.6. The zero-order chi connectivity index (χ0) is 14.0. The van der Waals surface area contributed by atoms with E-state index in [0.717, 1.165) is 6.42 Å². The van der Waals surface area contributed by atoms with E-state index < -0.39 is 12.0 Å². The van der Waals surface area contributed by atoms with Crippen LogP contribution in [0.25, 0.3) is 0 Å². The molecule has 2 atom stereocenters. The summed E-state index contributed by atoms with van der Waals surface area (Å²) in [6, 6.07) is 2.54. The average molecular weight is 345 g/mol. The third-order valence-corrected chi connectivity index (χ3v) is 5.04. The fraction of sp³-hybridized carbons (Fsp3) is 0.417. The van der Waals surface area contributed by atoms with Gasteiger partial charge in [0, 0.05) is 11.9 Å². The second-order valence-electron chi connectivity index (χ2n) is 4.10. The van der Waals surface area contributed by atoms with Crippen LogP contribution in [0.1, 0.15) is 23.7 Å². The van der Waals surface area contributed by atoms with Crippen LogP contribution in [0.4, 0.5) is 0 Å². The van der Waals surface area contributed by atoms with Crippen molar-refractivity contribution in [3.05, 3.63) is 28.5 Å². The first-order valence-corrected chi connectivity index (χ1v) is 7.68. The number of nitrogens with zero attached hydrogens (tertiary/aromatic N) is 2. The van der Waals surface area contributed by atoms with Gasteiger partial charge in [-0.3, -0.25) is 4.79 Å². The lowest BCUT2D eigenvalue weighted by atomic mass is 10.2. The number of thioether (sulfide) groups is 1. The number of carboxylic acids is 1. The number of aliphatic carboxylic acids is 1. The Morgan fingerprint density at radius 2 is 2.37 bits per heavy atom. The van der Waals surface area contributed by atoms with Gasteiger partial charge in [-0.2, -0.15) is 0 Å². The Bertz CT molecular complexity index is 512. The Balaban J connectivity index is 2.34. The maximum atomic E-state index is 12.5. The maximum absolute atomic E-state index is 12.5. The van der Waals surface area contributed by atoms with Crippen LogP contribution >= 0.6 is 27.7 Å². The van der Waals surface area contributed by atoms with E-state index in [1.807, 2.05) is 6.92 Å². The number of carbonyl (C=O) groups is 2. The molecule has 1 amide bonds. The molecule has 2 heterocycles. The molecule has 7 heteroatoms. The summed E-state index contributed by atoms with van der Waals surface area (Å²) in [4.78, 5) is 29.3. The predicted molar refractivity (Wildman–Crippen MR) is 76.1 cm³/mol. The highest BCUT2D eigenvalue weighted by molar-refractivity contribution is 9.10. The fourth-order valence-electron chi connectivity index (χ4n) is 2.03. The Morgan fingerprint density at radius 3 is 2.95 bits per heavy atom. The quantitative estimate of drug-likeness (QED) is 0.851. The van der Waals surface area contributed by atoms with Gasteiger partial charge >= 0.3 is 5.97 Å². The number of rotatable bonds is 3. The number of amides is 1. The van der Waals surface area contributed by atoms with Crippen molar-refractivity contribution in [2.75, 3.05) is 5.75 Å². The van der Waals surface area contributed by atoms with Crippen LogP contribution in [-0.2, 0) is 4.79 Å². The van der Waals surface area contributed by atoms with Crippen molar-refractivity contribution in [1.82, 2.24) is 9.88 Å².